The fourth-order valence-corrected chi connectivity index (χ4v) is 1.58. The zero-order valence-corrected chi connectivity index (χ0v) is 13.2. The SMILES string of the molecule is CCOC(=O)/C=C/C(=O)O[C@H](C)C(=O)Nc1ccccc1OC. The molecule has 0 bridgehead atoms. The summed E-state index contributed by atoms with van der Waals surface area (Å²) in [5.41, 5.74) is 0.463. The first-order valence-corrected chi connectivity index (χ1v) is 6.97. The van der Waals surface area contributed by atoms with Crippen molar-refractivity contribution in [3.05, 3.63) is 36.4 Å². The number of methoxy groups -OCH3 is 1. The Balaban J connectivity index is 2.57. The number of hydrogen-bond donors (Lipinski definition) is 1. The Morgan fingerprint density at radius 2 is 1.83 bits per heavy atom. The molecule has 0 heterocycles. The van der Waals surface area contributed by atoms with Crippen LogP contribution in [0.25, 0.3) is 0 Å². The summed E-state index contributed by atoms with van der Waals surface area (Å²) in [6.45, 7) is 3.27. The zero-order chi connectivity index (χ0) is 17.2. The van der Waals surface area contributed by atoms with E-state index in [1.54, 1.807) is 31.2 Å². The van der Waals surface area contributed by atoms with Crippen molar-refractivity contribution in [2.45, 2.75) is 20.0 Å². The minimum Gasteiger partial charge on any atom is -0.495 e. The van der Waals surface area contributed by atoms with Crippen LogP contribution in [-0.2, 0) is 23.9 Å². The van der Waals surface area contributed by atoms with Crippen molar-refractivity contribution < 1.29 is 28.6 Å². The predicted molar refractivity (Wildman–Crippen MR) is 83.0 cm³/mol. The van der Waals surface area contributed by atoms with E-state index in [-0.39, 0.29) is 6.61 Å². The molecule has 0 spiro atoms. The summed E-state index contributed by atoms with van der Waals surface area (Å²) in [6, 6.07) is 6.84. The van der Waals surface area contributed by atoms with Gasteiger partial charge in [-0.15, -0.1) is 0 Å². The second kappa shape index (κ2) is 9.24. The molecule has 0 radical (unpaired) electrons. The van der Waals surface area contributed by atoms with E-state index in [1.165, 1.54) is 14.0 Å². The van der Waals surface area contributed by atoms with E-state index in [4.69, 9.17) is 9.47 Å². The molecular formula is C16H19NO6. The second-order valence-electron chi connectivity index (χ2n) is 4.35. The Bertz CT molecular complexity index is 596. The monoisotopic (exact) mass is 321 g/mol. The van der Waals surface area contributed by atoms with Gasteiger partial charge >= 0.3 is 11.9 Å². The number of rotatable bonds is 7. The van der Waals surface area contributed by atoms with Crippen LogP contribution in [0, 0.1) is 0 Å². The Morgan fingerprint density at radius 3 is 2.48 bits per heavy atom. The normalized spacial score (nSPS) is 11.6. The van der Waals surface area contributed by atoms with Crippen molar-refractivity contribution >= 4 is 23.5 Å². The first kappa shape index (κ1) is 18.2. The van der Waals surface area contributed by atoms with Crippen LogP contribution in [0.3, 0.4) is 0 Å². The van der Waals surface area contributed by atoms with Gasteiger partial charge in [-0.2, -0.15) is 0 Å². The molecular weight excluding hydrogens is 302 g/mol. The summed E-state index contributed by atoms with van der Waals surface area (Å²) in [5, 5.41) is 2.59. The third-order valence-corrected chi connectivity index (χ3v) is 2.67. The summed E-state index contributed by atoms with van der Waals surface area (Å²) >= 11 is 0. The molecule has 0 aromatic heterocycles. The number of amides is 1. The number of ether oxygens (including phenoxy) is 3. The average molecular weight is 321 g/mol. The van der Waals surface area contributed by atoms with Crippen LogP contribution in [0.5, 0.6) is 5.75 Å². The van der Waals surface area contributed by atoms with Crippen molar-refractivity contribution in [1.82, 2.24) is 0 Å². The molecule has 7 nitrogen and oxygen atoms in total. The maximum atomic E-state index is 12.0. The molecule has 1 rings (SSSR count). The highest BCUT2D eigenvalue weighted by atomic mass is 16.5. The molecule has 0 saturated heterocycles. The lowest BCUT2D eigenvalue weighted by molar-refractivity contribution is -0.148. The van der Waals surface area contributed by atoms with Crippen LogP contribution in [0.4, 0.5) is 5.69 Å². The van der Waals surface area contributed by atoms with Crippen LogP contribution >= 0.6 is 0 Å². The van der Waals surface area contributed by atoms with Crippen LogP contribution in [0.2, 0.25) is 0 Å². The molecule has 1 aromatic carbocycles. The van der Waals surface area contributed by atoms with Gasteiger partial charge in [0.2, 0.25) is 0 Å². The van der Waals surface area contributed by atoms with Crippen molar-refractivity contribution in [3.8, 4) is 5.75 Å². The maximum Gasteiger partial charge on any atom is 0.331 e. The van der Waals surface area contributed by atoms with Crippen LogP contribution in [0.1, 0.15) is 13.8 Å². The number of carbonyl (C=O) groups is 3. The van der Waals surface area contributed by atoms with E-state index in [0.29, 0.717) is 11.4 Å². The molecule has 1 atom stereocenters. The van der Waals surface area contributed by atoms with Gasteiger partial charge < -0.3 is 19.5 Å². The minimum absolute atomic E-state index is 0.204. The van der Waals surface area contributed by atoms with Gasteiger partial charge in [0, 0.05) is 12.2 Å². The fraction of sp³-hybridized carbons (Fsp3) is 0.312. The molecule has 0 unspecified atom stereocenters. The molecule has 124 valence electrons. The second-order valence-corrected chi connectivity index (χ2v) is 4.35. The summed E-state index contributed by atoms with van der Waals surface area (Å²) in [5.74, 6) is -1.51. The van der Waals surface area contributed by atoms with Gasteiger partial charge in [-0.25, -0.2) is 9.59 Å². The maximum absolute atomic E-state index is 12.0. The number of anilines is 1. The minimum atomic E-state index is -1.04. The molecule has 7 heteroatoms. The quantitative estimate of drug-likeness (QED) is 0.607. The van der Waals surface area contributed by atoms with E-state index in [0.717, 1.165) is 12.2 Å². The van der Waals surface area contributed by atoms with Crippen molar-refractivity contribution in [2.24, 2.45) is 0 Å². The first-order chi connectivity index (χ1) is 11.0. The number of esters is 2. The summed E-state index contributed by atoms with van der Waals surface area (Å²) in [7, 11) is 1.48. The third kappa shape index (κ3) is 6.21. The molecule has 1 N–H and O–H groups in total. The lowest BCUT2D eigenvalue weighted by atomic mass is 10.2. The Labute approximate surface area is 134 Å². The predicted octanol–water partition coefficient (Wildman–Crippen LogP) is 1.68. The Kier molecular flexibility index (Phi) is 7.32. The number of benzene rings is 1. The summed E-state index contributed by atoms with van der Waals surface area (Å²) in [4.78, 5) is 34.6. The van der Waals surface area contributed by atoms with Crippen molar-refractivity contribution in [3.63, 3.8) is 0 Å². The van der Waals surface area contributed by atoms with Crippen molar-refractivity contribution in [1.29, 1.82) is 0 Å². The lowest BCUT2D eigenvalue weighted by Gasteiger charge is -2.14. The highest BCUT2D eigenvalue weighted by Gasteiger charge is 2.18. The summed E-state index contributed by atoms with van der Waals surface area (Å²) in [6.07, 6.45) is 0.806. The highest BCUT2D eigenvalue weighted by molar-refractivity contribution is 5.98. The van der Waals surface area contributed by atoms with Gasteiger partial charge in [0.15, 0.2) is 6.10 Å². The zero-order valence-electron chi connectivity index (χ0n) is 13.2. The van der Waals surface area contributed by atoms with E-state index < -0.39 is 23.9 Å². The summed E-state index contributed by atoms with van der Waals surface area (Å²) < 4.78 is 14.6. The molecule has 23 heavy (non-hydrogen) atoms. The number of para-hydroxylation sites is 2. The number of nitrogens with one attached hydrogen (secondary N) is 1. The van der Waals surface area contributed by atoms with E-state index in [2.05, 4.69) is 10.1 Å². The number of carbonyl (C=O) groups excluding carboxylic acids is 3. The third-order valence-electron chi connectivity index (χ3n) is 2.67. The van der Waals surface area contributed by atoms with E-state index in [1.807, 2.05) is 0 Å². The van der Waals surface area contributed by atoms with Crippen LogP contribution < -0.4 is 10.1 Å². The van der Waals surface area contributed by atoms with E-state index in [9.17, 15) is 14.4 Å². The van der Waals surface area contributed by atoms with Gasteiger partial charge in [-0.3, -0.25) is 4.79 Å². The number of hydrogen-bond acceptors (Lipinski definition) is 6. The standard InChI is InChI=1S/C16H19NO6/c1-4-22-14(18)9-10-15(19)23-11(2)16(20)17-12-7-5-6-8-13(12)21-3/h5-11H,4H2,1-3H3,(H,17,20)/b10-9+/t11-/m1/s1. The molecule has 1 aromatic rings. The van der Waals surface area contributed by atoms with Crippen LogP contribution in [0.15, 0.2) is 36.4 Å². The van der Waals surface area contributed by atoms with E-state index >= 15 is 0 Å². The molecule has 1 amide bonds. The largest absolute Gasteiger partial charge is 0.495 e. The van der Waals surface area contributed by atoms with Gasteiger partial charge in [0.05, 0.1) is 19.4 Å². The lowest BCUT2D eigenvalue weighted by Crippen LogP contribution is -2.29. The van der Waals surface area contributed by atoms with Crippen molar-refractivity contribution in [2.75, 3.05) is 19.0 Å². The smallest absolute Gasteiger partial charge is 0.331 e. The molecule has 0 aliphatic carbocycles. The van der Waals surface area contributed by atoms with Gasteiger partial charge in [-0.1, -0.05) is 12.1 Å². The Morgan fingerprint density at radius 1 is 1.17 bits per heavy atom. The highest BCUT2D eigenvalue weighted by Crippen LogP contribution is 2.23. The van der Waals surface area contributed by atoms with Gasteiger partial charge in [0.25, 0.3) is 5.91 Å². The molecule has 0 fully saturated rings. The van der Waals surface area contributed by atoms with Gasteiger partial charge in [-0.05, 0) is 26.0 Å². The molecule has 0 aliphatic heterocycles. The topological polar surface area (TPSA) is 90.9 Å². The molecule has 0 aliphatic rings. The fourth-order valence-electron chi connectivity index (χ4n) is 1.58. The Hall–Kier alpha value is -2.83. The average Bonchev–Trinajstić information content (AvgIpc) is 2.53. The van der Waals surface area contributed by atoms with Gasteiger partial charge in [0.1, 0.15) is 5.75 Å². The van der Waals surface area contributed by atoms with Crippen LogP contribution in [-0.4, -0.2) is 37.7 Å². The molecule has 0 saturated carbocycles. The first-order valence-electron chi connectivity index (χ1n) is 6.97.